The van der Waals surface area contributed by atoms with E-state index in [1.165, 1.54) is 12.1 Å². The molecule has 1 aliphatic heterocycles. The number of aliphatic hydroxyl groups is 1. The van der Waals surface area contributed by atoms with E-state index in [1.54, 1.807) is 25.1 Å². The van der Waals surface area contributed by atoms with Crippen LogP contribution in [0.4, 0.5) is 10.2 Å². The molecule has 2 unspecified atom stereocenters. The number of piperazine rings is 1. The predicted octanol–water partition coefficient (Wildman–Crippen LogP) is 1.51. The molecule has 1 aliphatic rings. The highest BCUT2D eigenvalue weighted by molar-refractivity contribution is 5.91. The van der Waals surface area contributed by atoms with Crippen molar-refractivity contribution in [2.75, 3.05) is 44.6 Å². The normalized spacial score (nSPS) is 19.1. The van der Waals surface area contributed by atoms with Crippen molar-refractivity contribution < 1.29 is 23.6 Å². The lowest BCUT2D eigenvalue weighted by Gasteiger charge is -2.40. The minimum absolute atomic E-state index is 0.0212. The van der Waals surface area contributed by atoms with Crippen molar-refractivity contribution in [1.29, 1.82) is 0 Å². The first-order valence-corrected chi connectivity index (χ1v) is 9.65. The second-order valence-electron chi connectivity index (χ2n) is 7.35. The third kappa shape index (κ3) is 6.25. The quantitative estimate of drug-likeness (QED) is 0.687. The van der Waals surface area contributed by atoms with Gasteiger partial charge in [-0.1, -0.05) is 17.3 Å². The number of hydrogen-bond donors (Lipinski definition) is 2. The summed E-state index contributed by atoms with van der Waals surface area (Å²) in [6.07, 6.45) is -0.734. The molecule has 2 atom stereocenters. The van der Waals surface area contributed by atoms with Crippen molar-refractivity contribution in [2.45, 2.75) is 26.0 Å². The SMILES string of the molecule is Cc1cc(NC(=O)CN2CCN(CC(O)COc3ccccc3F)C(C)C2)no1. The Bertz CT molecular complexity index is 815. The van der Waals surface area contributed by atoms with Crippen LogP contribution in [0.5, 0.6) is 5.75 Å². The summed E-state index contributed by atoms with van der Waals surface area (Å²) in [5.74, 6) is 0.605. The highest BCUT2D eigenvalue weighted by Crippen LogP contribution is 2.16. The number of carbonyl (C=O) groups excluding carboxylic acids is 1. The lowest BCUT2D eigenvalue weighted by Crippen LogP contribution is -2.55. The van der Waals surface area contributed by atoms with Gasteiger partial charge in [0.2, 0.25) is 5.91 Å². The highest BCUT2D eigenvalue weighted by atomic mass is 19.1. The van der Waals surface area contributed by atoms with Gasteiger partial charge in [0.25, 0.3) is 0 Å². The molecule has 0 spiro atoms. The largest absolute Gasteiger partial charge is 0.488 e. The number of β-amino-alcohol motifs (C(OH)–C–C–N with tert-alkyl or cyclic N) is 1. The van der Waals surface area contributed by atoms with Crippen molar-refractivity contribution in [3.8, 4) is 5.75 Å². The lowest BCUT2D eigenvalue weighted by atomic mass is 10.1. The molecule has 1 aromatic heterocycles. The molecule has 0 aliphatic carbocycles. The van der Waals surface area contributed by atoms with Crippen LogP contribution in [0.15, 0.2) is 34.9 Å². The van der Waals surface area contributed by atoms with E-state index in [0.717, 1.165) is 0 Å². The molecule has 1 aromatic carbocycles. The van der Waals surface area contributed by atoms with Gasteiger partial charge in [-0.15, -0.1) is 0 Å². The summed E-state index contributed by atoms with van der Waals surface area (Å²) in [5.41, 5.74) is 0. The fourth-order valence-corrected chi connectivity index (χ4v) is 3.37. The Morgan fingerprint density at radius 3 is 2.93 bits per heavy atom. The molecule has 2 aromatic rings. The smallest absolute Gasteiger partial charge is 0.239 e. The molecule has 8 nitrogen and oxygen atoms in total. The van der Waals surface area contributed by atoms with Crippen LogP contribution in [0.3, 0.4) is 0 Å². The number of anilines is 1. The summed E-state index contributed by atoms with van der Waals surface area (Å²) in [6, 6.07) is 7.97. The number of nitrogens with one attached hydrogen (secondary N) is 1. The van der Waals surface area contributed by atoms with Gasteiger partial charge in [0.15, 0.2) is 17.4 Å². The van der Waals surface area contributed by atoms with E-state index < -0.39 is 11.9 Å². The van der Waals surface area contributed by atoms with E-state index in [1.807, 2.05) is 0 Å². The number of amides is 1. The second-order valence-corrected chi connectivity index (χ2v) is 7.35. The number of ether oxygens (including phenoxy) is 1. The van der Waals surface area contributed by atoms with Crippen LogP contribution in [0.2, 0.25) is 0 Å². The minimum Gasteiger partial charge on any atom is -0.488 e. The first kappa shape index (κ1) is 21.2. The molecule has 2 heterocycles. The number of halogens is 1. The summed E-state index contributed by atoms with van der Waals surface area (Å²) in [4.78, 5) is 16.4. The third-order valence-corrected chi connectivity index (χ3v) is 4.83. The molecule has 1 fully saturated rings. The van der Waals surface area contributed by atoms with E-state index in [9.17, 15) is 14.3 Å². The molecule has 1 saturated heterocycles. The first-order valence-electron chi connectivity index (χ1n) is 9.65. The van der Waals surface area contributed by atoms with E-state index in [2.05, 4.69) is 27.2 Å². The summed E-state index contributed by atoms with van der Waals surface area (Å²) in [6.45, 7) is 6.65. The zero-order valence-electron chi connectivity index (χ0n) is 16.7. The first-order chi connectivity index (χ1) is 13.9. The van der Waals surface area contributed by atoms with Gasteiger partial charge in [0.05, 0.1) is 6.54 Å². The topological polar surface area (TPSA) is 91.1 Å². The van der Waals surface area contributed by atoms with Crippen molar-refractivity contribution in [2.24, 2.45) is 0 Å². The molecule has 158 valence electrons. The number of aliphatic hydroxyl groups excluding tert-OH is 1. The minimum atomic E-state index is -0.734. The molecule has 3 rings (SSSR count). The maximum atomic E-state index is 13.6. The predicted molar refractivity (Wildman–Crippen MR) is 105 cm³/mol. The van der Waals surface area contributed by atoms with Gasteiger partial charge in [-0.2, -0.15) is 0 Å². The maximum absolute atomic E-state index is 13.6. The molecule has 0 bridgehead atoms. The van der Waals surface area contributed by atoms with Crippen molar-refractivity contribution in [3.63, 3.8) is 0 Å². The van der Waals surface area contributed by atoms with Gasteiger partial charge >= 0.3 is 0 Å². The van der Waals surface area contributed by atoms with Gasteiger partial charge in [-0.05, 0) is 26.0 Å². The number of nitrogens with zero attached hydrogens (tertiary/aromatic N) is 3. The van der Waals surface area contributed by atoms with E-state index in [4.69, 9.17) is 9.26 Å². The van der Waals surface area contributed by atoms with E-state index >= 15 is 0 Å². The van der Waals surface area contributed by atoms with Crippen LogP contribution in [0, 0.1) is 12.7 Å². The Labute approximate surface area is 169 Å². The Balaban J connectivity index is 1.40. The summed E-state index contributed by atoms with van der Waals surface area (Å²) in [7, 11) is 0. The zero-order chi connectivity index (χ0) is 20.8. The average molecular weight is 406 g/mol. The Morgan fingerprint density at radius 2 is 2.24 bits per heavy atom. The summed E-state index contributed by atoms with van der Waals surface area (Å²) in [5, 5.41) is 16.7. The number of benzene rings is 1. The third-order valence-electron chi connectivity index (χ3n) is 4.83. The van der Waals surface area contributed by atoms with Gasteiger partial charge in [-0.3, -0.25) is 14.6 Å². The standard InChI is InChI=1S/C20H27FN4O4/c1-14-10-24(12-20(27)22-19-9-15(2)29-23-19)7-8-25(14)11-16(26)13-28-18-6-4-3-5-17(18)21/h3-6,9,14,16,26H,7-8,10-13H2,1-2H3,(H,22,23,27). The molecule has 9 heteroatoms. The number of aryl methyl sites for hydroxylation is 1. The number of para-hydroxylation sites is 1. The molecule has 1 amide bonds. The fourth-order valence-electron chi connectivity index (χ4n) is 3.37. The number of rotatable bonds is 8. The average Bonchev–Trinajstić information content (AvgIpc) is 3.08. The van der Waals surface area contributed by atoms with Crippen molar-refractivity contribution in [3.05, 3.63) is 41.9 Å². The van der Waals surface area contributed by atoms with Crippen LogP contribution in [0.1, 0.15) is 12.7 Å². The zero-order valence-corrected chi connectivity index (χ0v) is 16.7. The maximum Gasteiger partial charge on any atom is 0.239 e. The second kappa shape index (κ2) is 9.82. The van der Waals surface area contributed by atoms with E-state index in [0.29, 0.717) is 37.8 Å². The number of carbonyl (C=O) groups is 1. The molecular weight excluding hydrogens is 379 g/mol. The van der Waals surface area contributed by atoms with Crippen LogP contribution < -0.4 is 10.1 Å². The van der Waals surface area contributed by atoms with Gasteiger partial charge in [0.1, 0.15) is 18.5 Å². The molecule has 0 saturated carbocycles. The number of hydrogen-bond acceptors (Lipinski definition) is 7. The Hall–Kier alpha value is -2.49. The molecule has 2 N–H and O–H groups in total. The highest BCUT2D eigenvalue weighted by Gasteiger charge is 2.26. The molecular formula is C20H27FN4O4. The summed E-state index contributed by atoms with van der Waals surface area (Å²) >= 11 is 0. The van der Waals surface area contributed by atoms with Crippen LogP contribution in [-0.4, -0.2) is 77.4 Å². The van der Waals surface area contributed by atoms with Gasteiger partial charge < -0.3 is 19.7 Å². The van der Waals surface area contributed by atoms with Crippen LogP contribution in [0.25, 0.3) is 0 Å². The monoisotopic (exact) mass is 406 g/mol. The van der Waals surface area contributed by atoms with Crippen molar-refractivity contribution in [1.82, 2.24) is 15.0 Å². The van der Waals surface area contributed by atoms with Crippen LogP contribution in [-0.2, 0) is 4.79 Å². The fraction of sp³-hybridized carbons (Fsp3) is 0.500. The molecule has 0 radical (unpaired) electrons. The van der Waals surface area contributed by atoms with Crippen LogP contribution >= 0.6 is 0 Å². The van der Waals surface area contributed by atoms with Gasteiger partial charge in [-0.25, -0.2) is 4.39 Å². The van der Waals surface area contributed by atoms with Gasteiger partial charge in [0, 0.05) is 38.3 Å². The van der Waals surface area contributed by atoms with E-state index in [-0.39, 0.29) is 30.9 Å². The number of aromatic nitrogens is 1. The lowest BCUT2D eigenvalue weighted by molar-refractivity contribution is -0.118. The Morgan fingerprint density at radius 1 is 1.45 bits per heavy atom. The Kier molecular flexibility index (Phi) is 7.18. The molecule has 29 heavy (non-hydrogen) atoms. The van der Waals surface area contributed by atoms with Crippen molar-refractivity contribution >= 4 is 11.7 Å². The summed E-state index contributed by atoms with van der Waals surface area (Å²) < 4.78 is 23.9.